The molecule has 37 heavy (non-hydrogen) atoms. The van der Waals surface area contributed by atoms with Crippen LogP contribution in [0.3, 0.4) is 0 Å². The quantitative estimate of drug-likeness (QED) is 0.156. The summed E-state index contributed by atoms with van der Waals surface area (Å²) < 4.78 is 0. The zero-order valence-electron chi connectivity index (χ0n) is 21.0. The molecule has 204 valence electrons. The number of hydrogen-bond acceptors (Lipinski definition) is 8. The third-order valence-corrected chi connectivity index (χ3v) is 7.32. The van der Waals surface area contributed by atoms with Gasteiger partial charge in [-0.1, -0.05) is 6.07 Å². The maximum absolute atomic E-state index is 12.6. The third-order valence-electron chi connectivity index (χ3n) is 7.32. The van der Waals surface area contributed by atoms with E-state index in [0.717, 1.165) is 56.6 Å². The first-order chi connectivity index (χ1) is 17.7. The van der Waals surface area contributed by atoms with E-state index in [-0.39, 0.29) is 50.3 Å². The summed E-state index contributed by atoms with van der Waals surface area (Å²) in [6.07, 6.45) is 3.36. The van der Waals surface area contributed by atoms with E-state index in [4.69, 9.17) is 0 Å². The van der Waals surface area contributed by atoms with Crippen LogP contribution >= 0.6 is 0 Å². The molecule has 1 aromatic rings. The van der Waals surface area contributed by atoms with E-state index < -0.39 is 23.8 Å². The van der Waals surface area contributed by atoms with E-state index in [1.54, 1.807) is 4.90 Å². The van der Waals surface area contributed by atoms with E-state index in [1.165, 1.54) is 5.56 Å². The minimum Gasteiger partial charge on any atom is -0.387 e. The third kappa shape index (κ3) is 7.30. The van der Waals surface area contributed by atoms with E-state index in [2.05, 4.69) is 32.3 Å². The zero-order valence-corrected chi connectivity index (χ0v) is 21.0. The molecular formula is C25H38N6O6. The van der Waals surface area contributed by atoms with Crippen molar-refractivity contribution in [2.24, 2.45) is 5.92 Å². The lowest BCUT2D eigenvalue weighted by Gasteiger charge is -2.43. The number of likely N-dealkylation sites (tertiary alicyclic amines) is 1. The Morgan fingerprint density at radius 1 is 1.16 bits per heavy atom. The highest BCUT2D eigenvalue weighted by Gasteiger charge is 2.44. The molecule has 1 saturated heterocycles. The molecule has 0 radical (unpaired) electrons. The molecule has 3 heterocycles. The Balaban J connectivity index is 1.18. The van der Waals surface area contributed by atoms with Crippen LogP contribution in [-0.2, 0) is 22.4 Å². The van der Waals surface area contributed by atoms with Crippen LogP contribution in [-0.4, -0.2) is 93.7 Å². The molecule has 7 N–H and O–H groups in total. The zero-order chi connectivity index (χ0) is 26.4. The summed E-state index contributed by atoms with van der Waals surface area (Å²) in [6, 6.07) is 2.54. The number of aliphatic hydroxyl groups is 3. The average Bonchev–Trinajstić information content (AvgIpc) is 3.74. The van der Waals surface area contributed by atoms with Crippen molar-refractivity contribution in [3.63, 3.8) is 0 Å². The fourth-order valence-corrected chi connectivity index (χ4v) is 4.86. The second-order valence-electron chi connectivity index (χ2n) is 10.2. The number of amides is 4. The first-order valence-electron chi connectivity index (χ1n) is 13.2. The van der Waals surface area contributed by atoms with Crippen molar-refractivity contribution in [2.45, 2.75) is 69.3 Å². The fraction of sp³-hybridized carbons (Fsp3) is 0.680. The molecule has 2 fully saturated rings. The van der Waals surface area contributed by atoms with Crippen LogP contribution < -0.4 is 21.3 Å². The van der Waals surface area contributed by atoms with Crippen LogP contribution in [0.4, 0.5) is 10.6 Å². The van der Waals surface area contributed by atoms with Gasteiger partial charge in [0, 0.05) is 37.8 Å². The summed E-state index contributed by atoms with van der Waals surface area (Å²) in [6.45, 7) is 1.50. The van der Waals surface area contributed by atoms with Crippen LogP contribution in [0.1, 0.15) is 49.8 Å². The monoisotopic (exact) mass is 518 g/mol. The number of nitrogens with zero attached hydrogens (tertiary/aromatic N) is 2. The van der Waals surface area contributed by atoms with Crippen molar-refractivity contribution in [1.29, 1.82) is 0 Å². The predicted molar refractivity (Wildman–Crippen MR) is 134 cm³/mol. The molecule has 0 spiro atoms. The number of carbonyl (C=O) groups is 3. The van der Waals surface area contributed by atoms with Crippen LogP contribution in [0.2, 0.25) is 0 Å². The summed E-state index contributed by atoms with van der Waals surface area (Å²) in [5.74, 6) is 0.0819. The SMILES string of the molecule is O=C(CNC(=O)C1CC1)NC(C(O)O)C1(O)CCN(C(=O)NCCCc2ccc3c(n2)NCCC3)CC1. The summed E-state index contributed by atoms with van der Waals surface area (Å²) >= 11 is 0. The standard InChI is InChI=1S/C25H38N6O6/c32-19(15-28-22(33)17-5-6-17)30-20(23(34)35)25(37)9-13-31(14-10-25)24(36)27-12-2-4-18-8-7-16-3-1-11-26-21(16)29-18/h7-8,17,20,23,34-35,37H,1-6,9-15H2,(H,26,29)(H,27,36)(H,28,33)(H,30,32). The Morgan fingerprint density at radius 3 is 2.62 bits per heavy atom. The topological polar surface area (TPSA) is 176 Å². The molecule has 3 aliphatic rings. The molecule has 1 saturated carbocycles. The van der Waals surface area contributed by atoms with Gasteiger partial charge in [-0.2, -0.15) is 0 Å². The predicted octanol–water partition coefficient (Wildman–Crippen LogP) is -0.769. The van der Waals surface area contributed by atoms with Crippen LogP contribution in [0.25, 0.3) is 0 Å². The van der Waals surface area contributed by atoms with Crippen LogP contribution in [0.15, 0.2) is 12.1 Å². The molecule has 2 aliphatic heterocycles. The van der Waals surface area contributed by atoms with Crippen molar-refractivity contribution in [1.82, 2.24) is 25.8 Å². The highest BCUT2D eigenvalue weighted by molar-refractivity contribution is 5.87. The number of fused-ring (bicyclic) bond motifs is 1. The number of aromatic nitrogens is 1. The van der Waals surface area contributed by atoms with E-state index in [9.17, 15) is 29.7 Å². The molecule has 4 amide bonds. The molecular weight excluding hydrogens is 480 g/mol. The van der Waals surface area contributed by atoms with E-state index in [0.29, 0.717) is 6.54 Å². The summed E-state index contributed by atoms with van der Waals surface area (Å²) in [7, 11) is 0. The van der Waals surface area contributed by atoms with Gasteiger partial charge in [-0.15, -0.1) is 0 Å². The molecule has 0 aromatic carbocycles. The lowest BCUT2D eigenvalue weighted by Crippen LogP contribution is -2.63. The van der Waals surface area contributed by atoms with Crippen molar-refractivity contribution in [2.75, 3.05) is 38.0 Å². The van der Waals surface area contributed by atoms with E-state index >= 15 is 0 Å². The largest absolute Gasteiger partial charge is 0.387 e. The van der Waals surface area contributed by atoms with Crippen LogP contribution in [0, 0.1) is 5.92 Å². The Kier molecular flexibility index (Phi) is 8.83. The molecule has 1 atom stereocenters. The van der Waals surface area contributed by atoms with Gasteiger partial charge in [0.1, 0.15) is 11.9 Å². The summed E-state index contributed by atoms with van der Waals surface area (Å²) in [5, 5.41) is 41.9. The Bertz CT molecular complexity index is 976. The fourth-order valence-electron chi connectivity index (χ4n) is 4.86. The summed E-state index contributed by atoms with van der Waals surface area (Å²) in [5.41, 5.74) is 0.616. The lowest BCUT2D eigenvalue weighted by molar-refractivity contribution is -0.155. The molecule has 12 heteroatoms. The van der Waals surface area contributed by atoms with Gasteiger partial charge in [0.25, 0.3) is 0 Å². The number of rotatable bonds is 10. The molecule has 1 aromatic heterocycles. The number of pyridine rings is 1. The number of aryl methyl sites for hydroxylation is 2. The number of urea groups is 1. The molecule has 0 bridgehead atoms. The van der Waals surface area contributed by atoms with Gasteiger partial charge in [0.15, 0.2) is 6.29 Å². The van der Waals surface area contributed by atoms with Crippen LogP contribution in [0.5, 0.6) is 0 Å². The van der Waals surface area contributed by atoms with Crippen molar-refractivity contribution in [3.05, 3.63) is 23.4 Å². The second kappa shape index (κ2) is 12.1. The maximum atomic E-state index is 12.6. The molecule has 12 nitrogen and oxygen atoms in total. The number of hydrogen-bond donors (Lipinski definition) is 7. The smallest absolute Gasteiger partial charge is 0.317 e. The highest BCUT2D eigenvalue weighted by Crippen LogP contribution is 2.29. The van der Waals surface area contributed by atoms with Crippen molar-refractivity contribution < 1.29 is 29.7 Å². The number of anilines is 1. The normalized spacial score (nSPS) is 19.4. The lowest BCUT2D eigenvalue weighted by atomic mass is 9.83. The maximum Gasteiger partial charge on any atom is 0.317 e. The first-order valence-corrected chi connectivity index (χ1v) is 13.2. The molecule has 1 unspecified atom stereocenters. The average molecular weight is 519 g/mol. The van der Waals surface area contributed by atoms with Gasteiger partial charge < -0.3 is 41.5 Å². The molecule has 1 aliphatic carbocycles. The second-order valence-corrected chi connectivity index (χ2v) is 10.2. The van der Waals surface area contributed by atoms with Gasteiger partial charge in [-0.05, 0) is 63.0 Å². The number of nitrogens with one attached hydrogen (secondary N) is 4. The Morgan fingerprint density at radius 2 is 1.92 bits per heavy atom. The van der Waals surface area contributed by atoms with Crippen molar-refractivity contribution in [3.8, 4) is 0 Å². The van der Waals surface area contributed by atoms with Gasteiger partial charge in [0.2, 0.25) is 11.8 Å². The van der Waals surface area contributed by atoms with Crippen molar-refractivity contribution >= 4 is 23.7 Å². The number of aliphatic hydroxyl groups excluding tert-OH is 1. The number of piperidine rings is 1. The van der Waals surface area contributed by atoms with Gasteiger partial charge >= 0.3 is 6.03 Å². The minimum absolute atomic E-state index is 0.0516. The minimum atomic E-state index is -2.00. The van der Waals surface area contributed by atoms with Gasteiger partial charge in [0.05, 0.1) is 12.1 Å². The Labute approximate surface area is 216 Å². The first kappa shape index (κ1) is 27.1. The van der Waals surface area contributed by atoms with E-state index in [1.807, 2.05) is 6.07 Å². The summed E-state index contributed by atoms with van der Waals surface area (Å²) in [4.78, 5) is 42.8. The Hall–Kier alpha value is -2.96. The highest BCUT2D eigenvalue weighted by atomic mass is 16.5. The number of carbonyl (C=O) groups excluding carboxylic acids is 3. The molecule has 4 rings (SSSR count). The van der Waals surface area contributed by atoms with Gasteiger partial charge in [-0.25, -0.2) is 9.78 Å². The van der Waals surface area contributed by atoms with Gasteiger partial charge in [-0.3, -0.25) is 9.59 Å².